The molecule has 0 aromatic rings. The number of allylic oxidation sites excluding steroid dienone is 2. The molecule has 2 nitrogen and oxygen atoms in total. The fourth-order valence-electron chi connectivity index (χ4n) is 0. The molecular formula is C13H31NO. The third-order valence-electron chi connectivity index (χ3n) is 0.263. The standard InChI is InChI=1S/C4H6.C3H8.C2H5NO.2C2H6/c1-3-4-2;1-3-2;1-2-4-3;2*1-2/h3-4H,1-2H2;3H2,1-2H3;2H,1,3H2;2*1-2H3. The fourth-order valence-corrected chi connectivity index (χ4v) is 0. The first-order valence-electron chi connectivity index (χ1n) is 5.44. The summed E-state index contributed by atoms with van der Waals surface area (Å²) in [5, 5.41) is 0. The average molecular weight is 217 g/mol. The van der Waals surface area contributed by atoms with E-state index >= 15 is 0 Å². The van der Waals surface area contributed by atoms with Crippen LogP contribution in [0.25, 0.3) is 0 Å². The van der Waals surface area contributed by atoms with Crippen LogP contribution in [-0.2, 0) is 4.84 Å². The predicted octanol–water partition coefficient (Wildman–Crippen LogP) is 4.85. The third-order valence-corrected chi connectivity index (χ3v) is 0.263. The summed E-state index contributed by atoms with van der Waals surface area (Å²) in [5.41, 5.74) is 0. The molecule has 0 rings (SSSR count). The van der Waals surface area contributed by atoms with E-state index in [-0.39, 0.29) is 0 Å². The van der Waals surface area contributed by atoms with Crippen LogP contribution in [0.4, 0.5) is 0 Å². The van der Waals surface area contributed by atoms with Crippen LogP contribution in [0.1, 0.15) is 48.0 Å². The van der Waals surface area contributed by atoms with Crippen molar-refractivity contribution in [2.75, 3.05) is 0 Å². The highest BCUT2D eigenvalue weighted by molar-refractivity contribution is 4.88. The molecule has 0 aliphatic heterocycles. The van der Waals surface area contributed by atoms with Crippen LogP contribution < -0.4 is 5.90 Å². The highest BCUT2D eigenvalue weighted by Gasteiger charge is 1.36. The van der Waals surface area contributed by atoms with Crippen LogP contribution in [0.3, 0.4) is 0 Å². The summed E-state index contributed by atoms with van der Waals surface area (Å²) in [6.45, 7) is 22.1. The SMILES string of the molecule is C=CC=C.C=CON.CC.CC.CCC. The third kappa shape index (κ3) is 1630. The molecule has 0 atom stereocenters. The van der Waals surface area contributed by atoms with E-state index in [2.05, 4.69) is 44.3 Å². The predicted molar refractivity (Wildman–Crippen MR) is 74.5 cm³/mol. The van der Waals surface area contributed by atoms with Crippen LogP contribution in [0.2, 0.25) is 0 Å². The molecule has 2 heteroatoms. The molecule has 0 amide bonds. The van der Waals surface area contributed by atoms with Crippen molar-refractivity contribution >= 4 is 0 Å². The van der Waals surface area contributed by atoms with Gasteiger partial charge in [0.05, 0.1) is 0 Å². The molecular weight excluding hydrogens is 186 g/mol. The molecule has 15 heavy (non-hydrogen) atoms. The van der Waals surface area contributed by atoms with E-state index in [1.54, 1.807) is 12.2 Å². The molecule has 0 unspecified atom stereocenters. The second-order valence-corrected chi connectivity index (χ2v) is 1.48. The lowest BCUT2D eigenvalue weighted by molar-refractivity contribution is 0.262. The van der Waals surface area contributed by atoms with Crippen LogP contribution in [0.5, 0.6) is 0 Å². The van der Waals surface area contributed by atoms with Crippen molar-refractivity contribution in [2.45, 2.75) is 48.0 Å². The summed E-state index contributed by atoms with van der Waals surface area (Å²) in [7, 11) is 0. The Morgan fingerprint density at radius 3 is 1.07 bits per heavy atom. The van der Waals surface area contributed by atoms with Crippen LogP contribution >= 0.6 is 0 Å². The van der Waals surface area contributed by atoms with E-state index in [0.29, 0.717) is 0 Å². The van der Waals surface area contributed by atoms with Crippen molar-refractivity contribution in [2.24, 2.45) is 5.90 Å². The minimum Gasteiger partial charge on any atom is -0.420 e. The summed E-state index contributed by atoms with van der Waals surface area (Å²) >= 11 is 0. The molecule has 0 spiro atoms. The lowest BCUT2D eigenvalue weighted by Gasteiger charge is -1.72. The van der Waals surface area contributed by atoms with E-state index in [9.17, 15) is 0 Å². The summed E-state index contributed by atoms with van der Waals surface area (Å²) in [6.07, 6.45) is 5.68. The molecule has 0 radical (unpaired) electrons. The number of rotatable bonds is 2. The van der Waals surface area contributed by atoms with Gasteiger partial charge >= 0.3 is 0 Å². The Hall–Kier alpha value is -1.02. The molecule has 2 N–H and O–H groups in total. The minimum absolute atomic E-state index is 1.15. The van der Waals surface area contributed by atoms with E-state index in [0.717, 1.165) is 6.26 Å². The zero-order chi connectivity index (χ0) is 13.5. The van der Waals surface area contributed by atoms with E-state index in [1.165, 1.54) is 6.42 Å². The summed E-state index contributed by atoms with van der Waals surface area (Å²) in [5.74, 6) is 4.41. The van der Waals surface area contributed by atoms with E-state index in [1.807, 2.05) is 27.7 Å². The molecule has 0 aliphatic carbocycles. The van der Waals surface area contributed by atoms with Gasteiger partial charge in [0.25, 0.3) is 0 Å². The maximum absolute atomic E-state index is 4.41. The zero-order valence-electron chi connectivity index (χ0n) is 11.5. The maximum Gasteiger partial charge on any atom is 0.103 e. The van der Waals surface area contributed by atoms with Crippen molar-refractivity contribution < 1.29 is 4.84 Å². The molecule has 0 saturated carbocycles. The Labute approximate surface area is 97.5 Å². The minimum atomic E-state index is 1.15. The van der Waals surface area contributed by atoms with Gasteiger partial charge in [-0.1, -0.05) is 79.9 Å². The Bertz CT molecular complexity index is 74.6. The second kappa shape index (κ2) is 118. The molecule has 94 valence electrons. The number of hydrogen-bond acceptors (Lipinski definition) is 2. The summed E-state index contributed by atoms with van der Waals surface area (Å²) in [4.78, 5) is 3.81. The quantitative estimate of drug-likeness (QED) is 0.408. The van der Waals surface area contributed by atoms with E-state index < -0.39 is 0 Å². The molecule has 0 bridgehead atoms. The highest BCUT2D eigenvalue weighted by Crippen LogP contribution is 1.56. The molecule has 0 fully saturated rings. The molecule has 0 aromatic heterocycles. The molecule has 0 aromatic carbocycles. The fraction of sp³-hybridized carbons (Fsp3) is 0.538. The first-order valence-corrected chi connectivity index (χ1v) is 5.44. The van der Waals surface area contributed by atoms with Crippen molar-refractivity contribution in [3.05, 3.63) is 38.2 Å². The van der Waals surface area contributed by atoms with Crippen molar-refractivity contribution in [1.82, 2.24) is 0 Å². The van der Waals surface area contributed by atoms with Gasteiger partial charge in [-0.25, -0.2) is 0 Å². The van der Waals surface area contributed by atoms with Gasteiger partial charge in [0.1, 0.15) is 6.26 Å². The van der Waals surface area contributed by atoms with Crippen LogP contribution in [0.15, 0.2) is 38.2 Å². The van der Waals surface area contributed by atoms with Gasteiger partial charge in [0, 0.05) is 0 Å². The summed E-state index contributed by atoms with van der Waals surface area (Å²) < 4.78 is 0. The lowest BCUT2D eigenvalue weighted by atomic mass is 10.6. The van der Waals surface area contributed by atoms with Crippen molar-refractivity contribution in [3.63, 3.8) is 0 Å². The Morgan fingerprint density at radius 1 is 0.933 bits per heavy atom. The largest absolute Gasteiger partial charge is 0.420 e. The second-order valence-electron chi connectivity index (χ2n) is 1.48. The molecule has 0 saturated heterocycles. The Balaban J connectivity index is -0.0000000289. The van der Waals surface area contributed by atoms with Crippen molar-refractivity contribution in [3.8, 4) is 0 Å². The van der Waals surface area contributed by atoms with Gasteiger partial charge in [-0.05, 0) is 0 Å². The first kappa shape index (κ1) is 29.2. The topological polar surface area (TPSA) is 35.2 Å². The van der Waals surface area contributed by atoms with Crippen molar-refractivity contribution in [1.29, 1.82) is 0 Å². The van der Waals surface area contributed by atoms with Crippen LogP contribution in [0, 0.1) is 0 Å². The van der Waals surface area contributed by atoms with Gasteiger partial charge < -0.3 is 4.84 Å². The van der Waals surface area contributed by atoms with E-state index in [4.69, 9.17) is 0 Å². The Kier molecular flexibility index (Phi) is 229. The van der Waals surface area contributed by atoms with Gasteiger partial charge in [0.2, 0.25) is 0 Å². The number of nitrogens with two attached hydrogens (primary N) is 1. The summed E-state index contributed by atoms with van der Waals surface area (Å²) in [6, 6.07) is 0. The first-order chi connectivity index (χ1) is 7.24. The maximum atomic E-state index is 4.41. The molecule has 0 heterocycles. The smallest absolute Gasteiger partial charge is 0.103 e. The van der Waals surface area contributed by atoms with Gasteiger partial charge in [-0.2, -0.15) is 5.90 Å². The Morgan fingerprint density at radius 2 is 1.07 bits per heavy atom. The number of hydrogen-bond donors (Lipinski definition) is 1. The molecule has 0 aliphatic rings. The highest BCUT2D eigenvalue weighted by atomic mass is 16.6. The monoisotopic (exact) mass is 217 g/mol. The normalized spacial score (nSPS) is 4.73. The zero-order valence-corrected chi connectivity index (χ0v) is 11.5. The lowest BCUT2D eigenvalue weighted by Crippen LogP contribution is -1.85. The van der Waals surface area contributed by atoms with Gasteiger partial charge in [-0.15, -0.1) is 0 Å². The van der Waals surface area contributed by atoms with Gasteiger partial charge in [0.15, 0.2) is 0 Å². The van der Waals surface area contributed by atoms with Crippen LogP contribution in [-0.4, -0.2) is 0 Å². The average Bonchev–Trinajstić information content (AvgIpc) is 2.35. The van der Waals surface area contributed by atoms with Gasteiger partial charge in [-0.3, -0.25) is 0 Å².